The third-order valence-corrected chi connectivity index (χ3v) is 3.30. The second-order valence-electron chi connectivity index (χ2n) is 4.32. The fourth-order valence-corrected chi connectivity index (χ4v) is 2.28. The normalized spacial score (nSPS) is 12.3. The zero-order valence-electron chi connectivity index (χ0n) is 10.4. The van der Waals surface area contributed by atoms with E-state index in [4.69, 9.17) is 23.2 Å². The van der Waals surface area contributed by atoms with Crippen molar-refractivity contribution in [1.82, 2.24) is 0 Å². The molecule has 0 fully saturated rings. The molecule has 6 heteroatoms. The predicted molar refractivity (Wildman–Crippen MR) is 74.8 cm³/mol. The Hall–Kier alpha value is -1.39. The lowest BCUT2D eigenvalue weighted by molar-refractivity contribution is 0.577. The van der Waals surface area contributed by atoms with Gasteiger partial charge in [0.25, 0.3) is 0 Å². The second kappa shape index (κ2) is 5.94. The van der Waals surface area contributed by atoms with Gasteiger partial charge in [0.15, 0.2) is 5.82 Å². The fourth-order valence-electron chi connectivity index (χ4n) is 1.80. The molecule has 106 valence electrons. The first-order valence-corrected chi connectivity index (χ1v) is 6.49. The minimum absolute atomic E-state index is 0.127. The maximum atomic E-state index is 13.3. The van der Waals surface area contributed by atoms with E-state index < -0.39 is 23.5 Å². The summed E-state index contributed by atoms with van der Waals surface area (Å²) in [7, 11) is 0. The lowest BCUT2D eigenvalue weighted by atomic mass is 10.1. The van der Waals surface area contributed by atoms with Gasteiger partial charge in [0.2, 0.25) is 0 Å². The SMILES string of the molecule is CC(Nc1cc(Cl)c(F)c(Cl)c1)c1cc(F)cc(F)c1. The lowest BCUT2D eigenvalue weighted by Crippen LogP contribution is -2.07. The molecule has 2 aromatic carbocycles. The molecule has 0 aliphatic carbocycles. The van der Waals surface area contributed by atoms with E-state index in [0.29, 0.717) is 11.3 Å². The van der Waals surface area contributed by atoms with E-state index in [0.717, 1.165) is 6.07 Å². The monoisotopic (exact) mass is 319 g/mol. The van der Waals surface area contributed by atoms with Crippen LogP contribution in [0.1, 0.15) is 18.5 Å². The number of hydrogen-bond donors (Lipinski definition) is 1. The third-order valence-electron chi connectivity index (χ3n) is 2.75. The summed E-state index contributed by atoms with van der Waals surface area (Å²) in [6.45, 7) is 1.71. The van der Waals surface area contributed by atoms with Gasteiger partial charge >= 0.3 is 0 Å². The van der Waals surface area contributed by atoms with Gasteiger partial charge in [0.05, 0.1) is 10.0 Å². The van der Waals surface area contributed by atoms with Crippen LogP contribution in [-0.2, 0) is 0 Å². The molecule has 2 aromatic rings. The zero-order chi connectivity index (χ0) is 14.9. The minimum atomic E-state index is -0.705. The number of benzene rings is 2. The zero-order valence-corrected chi connectivity index (χ0v) is 11.9. The van der Waals surface area contributed by atoms with Gasteiger partial charge in [-0.25, -0.2) is 13.2 Å². The predicted octanol–water partition coefficient (Wildman–Crippen LogP) is 5.58. The van der Waals surface area contributed by atoms with Gasteiger partial charge < -0.3 is 5.32 Å². The first-order chi connectivity index (χ1) is 9.36. The Kier molecular flexibility index (Phi) is 4.45. The van der Waals surface area contributed by atoms with Gasteiger partial charge in [-0.05, 0) is 36.8 Å². The Morgan fingerprint density at radius 2 is 1.40 bits per heavy atom. The van der Waals surface area contributed by atoms with Crippen molar-refractivity contribution in [3.05, 3.63) is 63.4 Å². The Bertz CT molecular complexity index is 603. The van der Waals surface area contributed by atoms with Crippen LogP contribution in [0, 0.1) is 17.5 Å². The molecule has 1 N–H and O–H groups in total. The van der Waals surface area contributed by atoms with E-state index in [9.17, 15) is 13.2 Å². The highest BCUT2D eigenvalue weighted by molar-refractivity contribution is 6.35. The average molecular weight is 320 g/mol. The topological polar surface area (TPSA) is 12.0 Å². The molecule has 0 saturated heterocycles. The quantitative estimate of drug-likeness (QED) is 0.728. The average Bonchev–Trinajstić information content (AvgIpc) is 2.34. The van der Waals surface area contributed by atoms with Crippen molar-refractivity contribution in [2.45, 2.75) is 13.0 Å². The van der Waals surface area contributed by atoms with Crippen molar-refractivity contribution >= 4 is 28.9 Å². The van der Waals surface area contributed by atoms with Crippen molar-refractivity contribution in [2.75, 3.05) is 5.32 Å². The molecule has 0 spiro atoms. The summed E-state index contributed by atoms with van der Waals surface area (Å²) in [5.41, 5.74) is 0.873. The summed E-state index contributed by atoms with van der Waals surface area (Å²) in [4.78, 5) is 0. The summed E-state index contributed by atoms with van der Waals surface area (Å²) >= 11 is 11.4. The third kappa shape index (κ3) is 3.38. The van der Waals surface area contributed by atoms with Gasteiger partial charge in [-0.2, -0.15) is 0 Å². The van der Waals surface area contributed by atoms with Crippen molar-refractivity contribution in [1.29, 1.82) is 0 Å². The lowest BCUT2D eigenvalue weighted by Gasteiger charge is -2.16. The second-order valence-corrected chi connectivity index (χ2v) is 5.14. The number of rotatable bonds is 3. The highest BCUT2D eigenvalue weighted by Crippen LogP contribution is 2.29. The molecule has 20 heavy (non-hydrogen) atoms. The van der Waals surface area contributed by atoms with Crippen molar-refractivity contribution in [3.8, 4) is 0 Å². The van der Waals surface area contributed by atoms with Crippen molar-refractivity contribution in [2.24, 2.45) is 0 Å². The van der Waals surface area contributed by atoms with Crippen LogP contribution in [0.25, 0.3) is 0 Å². The maximum absolute atomic E-state index is 13.3. The Morgan fingerprint density at radius 3 is 1.90 bits per heavy atom. The Labute approximate surface area is 124 Å². The van der Waals surface area contributed by atoms with Gasteiger partial charge in [0.1, 0.15) is 11.6 Å². The van der Waals surface area contributed by atoms with Crippen LogP contribution in [0.15, 0.2) is 30.3 Å². The summed E-state index contributed by atoms with van der Waals surface area (Å²) in [6.07, 6.45) is 0. The fraction of sp³-hybridized carbons (Fsp3) is 0.143. The molecule has 2 rings (SSSR count). The molecule has 1 nitrogen and oxygen atoms in total. The summed E-state index contributed by atoms with van der Waals surface area (Å²) in [6, 6.07) is 5.53. The van der Waals surface area contributed by atoms with Gasteiger partial charge in [-0.3, -0.25) is 0 Å². The molecule has 1 atom stereocenters. The highest BCUT2D eigenvalue weighted by Gasteiger charge is 2.12. The van der Waals surface area contributed by atoms with Crippen LogP contribution >= 0.6 is 23.2 Å². The molecule has 0 bridgehead atoms. The maximum Gasteiger partial charge on any atom is 0.160 e. The molecule has 0 aromatic heterocycles. The first kappa shape index (κ1) is 15.0. The molecular formula is C14H10Cl2F3N. The van der Waals surface area contributed by atoms with Crippen LogP contribution in [0.4, 0.5) is 18.9 Å². The minimum Gasteiger partial charge on any atom is -0.378 e. The molecule has 0 aliphatic rings. The Balaban J connectivity index is 2.25. The van der Waals surface area contributed by atoms with Crippen molar-refractivity contribution in [3.63, 3.8) is 0 Å². The smallest absolute Gasteiger partial charge is 0.160 e. The molecule has 0 saturated carbocycles. The molecular weight excluding hydrogens is 310 g/mol. The number of hydrogen-bond acceptors (Lipinski definition) is 1. The van der Waals surface area contributed by atoms with Crippen LogP contribution < -0.4 is 5.32 Å². The van der Waals surface area contributed by atoms with E-state index in [1.807, 2.05) is 0 Å². The van der Waals surface area contributed by atoms with E-state index in [-0.39, 0.29) is 10.0 Å². The number of anilines is 1. The van der Waals surface area contributed by atoms with E-state index in [2.05, 4.69) is 5.32 Å². The van der Waals surface area contributed by atoms with Crippen molar-refractivity contribution < 1.29 is 13.2 Å². The van der Waals surface area contributed by atoms with Crippen LogP contribution in [0.2, 0.25) is 10.0 Å². The Morgan fingerprint density at radius 1 is 0.900 bits per heavy atom. The molecule has 0 radical (unpaired) electrons. The molecule has 0 heterocycles. The molecule has 0 aliphatic heterocycles. The first-order valence-electron chi connectivity index (χ1n) is 5.74. The molecule has 0 amide bonds. The number of nitrogens with one attached hydrogen (secondary N) is 1. The summed E-state index contributed by atoms with van der Waals surface area (Å²) in [5, 5.41) is 2.70. The standard InChI is InChI=1S/C14H10Cl2F3N/c1-7(8-2-9(17)4-10(18)3-8)20-11-5-12(15)14(19)13(16)6-11/h2-7,20H,1H3. The highest BCUT2D eigenvalue weighted by atomic mass is 35.5. The van der Waals surface area contributed by atoms with Gasteiger partial charge in [-0.15, -0.1) is 0 Å². The summed E-state index contributed by atoms with van der Waals surface area (Å²) < 4.78 is 39.6. The van der Waals surface area contributed by atoms with E-state index in [1.54, 1.807) is 6.92 Å². The largest absolute Gasteiger partial charge is 0.378 e. The van der Waals surface area contributed by atoms with Crippen LogP contribution in [0.5, 0.6) is 0 Å². The summed E-state index contributed by atoms with van der Waals surface area (Å²) in [5.74, 6) is -2.03. The van der Waals surface area contributed by atoms with E-state index in [1.165, 1.54) is 24.3 Å². The molecule has 1 unspecified atom stereocenters. The van der Waals surface area contributed by atoms with Crippen LogP contribution in [0.3, 0.4) is 0 Å². The number of halogens is 5. The van der Waals surface area contributed by atoms with Gasteiger partial charge in [-0.1, -0.05) is 23.2 Å². The van der Waals surface area contributed by atoms with Crippen LogP contribution in [-0.4, -0.2) is 0 Å². The van der Waals surface area contributed by atoms with E-state index >= 15 is 0 Å². The van der Waals surface area contributed by atoms with Gasteiger partial charge in [0, 0.05) is 17.8 Å².